The Balaban J connectivity index is 1.92. The Morgan fingerprint density at radius 3 is 2.90 bits per heavy atom. The molecule has 0 saturated heterocycles. The Morgan fingerprint density at radius 2 is 1.95 bits per heavy atom. The van der Waals surface area contributed by atoms with Gasteiger partial charge in [-0.25, -0.2) is 0 Å². The maximum atomic E-state index is 4.19. The van der Waals surface area contributed by atoms with Crippen LogP contribution in [-0.2, 0) is 6.54 Å². The lowest BCUT2D eigenvalue weighted by Crippen LogP contribution is -2.31. The largest absolute Gasteiger partial charge is 0.301 e. The van der Waals surface area contributed by atoms with Gasteiger partial charge < -0.3 is 4.90 Å². The zero-order chi connectivity index (χ0) is 13.5. The van der Waals surface area contributed by atoms with E-state index in [1.165, 1.54) is 27.6 Å². The summed E-state index contributed by atoms with van der Waals surface area (Å²) in [7, 11) is 2.19. The monoisotopic (exact) mass is 263 g/mol. The summed E-state index contributed by atoms with van der Waals surface area (Å²) in [6, 6.07) is 15.2. The van der Waals surface area contributed by atoms with E-state index >= 15 is 0 Å². The molecular formula is C17H17N3. The fourth-order valence-corrected chi connectivity index (χ4v) is 3.33. The summed E-state index contributed by atoms with van der Waals surface area (Å²) in [6.45, 7) is 2.08. The van der Waals surface area contributed by atoms with Crippen LogP contribution in [0, 0.1) is 0 Å². The maximum Gasteiger partial charge on any atom is 0.0688 e. The van der Waals surface area contributed by atoms with Crippen LogP contribution < -0.4 is 0 Å². The highest BCUT2D eigenvalue weighted by Crippen LogP contribution is 2.35. The van der Waals surface area contributed by atoms with Crippen molar-refractivity contribution in [3.8, 4) is 0 Å². The molecule has 1 unspecified atom stereocenters. The predicted molar refractivity (Wildman–Crippen MR) is 80.7 cm³/mol. The first-order chi connectivity index (χ1) is 9.83. The van der Waals surface area contributed by atoms with Crippen LogP contribution in [0.2, 0.25) is 0 Å². The van der Waals surface area contributed by atoms with Crippen LogP contribution in [0.1, 0.15) is 22.6 Å². The van der Waals surface area contributed by atoms with Gasteiger partial charge in [0.2, 0.25) is 0 Å². The number of benzene rings is 2. The summed E-state index contributed by atoms with van der Waals surface area (Å²) in [5.74, 6) is 0.411. The molecule has 0 spiro atoms. The molecule has 0 amide bonds. The molecular weight excluding hydrogens is 246 g/mol. The normalized spacial score (nSPS) is 19.1. The van der Waals surface area contributed by atoms with Crippen LogP contribution in [0.5, 0.6) is 0 Å². The maximum absolute atomic E-state index is 4.19. The lowest BCUT2D eigenvalue weighted by molar-refractivity contribution is 0.295. The molecule has 2 aromatic carbocycles. The second-order valence-corrected chi connectivity index (χ2v) is 5.63. The van der Waals surface area contributed by atoms with Crippen molar-refractivity contribution in [1.82, 2.24) is 15.1 Å². The second-order valence-electron chi connectivity index (χ2n) is 5.63. The van der Waals surface area contributed by atoms with Crippen molar-refractivity contribution in [3.05, 3.63) is 65.4 Å². The Morgan fingerprint density at radius 1 is 1.10 bits per heavy atom. The third-order valence-electron chi connectivity index (χ3n) is 4.25. The molecule has 3 aromatic rings. The summed E-state index contributed by atoms with van der Waals surface area (Å²) in [4.78, 5) is 2.39. The molecule has 4 rings (SSSR count). The van der Waals surface area contributed by atoms with Gasteiger partial charge in [-0.3, -0.25) is 5.10 Å². The molecule has 0 aliphatic carbocycles. The number of nitrogens with one attached hydrogen (secondary N) is 1. The van der Waals surface area contributed by atoms with Gasteiger partial charge in [0.25, 0.3) is 0 Å². The lowest BCUT2D eigenvalue weighted by atomic mass is 9.84. The molecule has 3 heteroatoms. The number of rotatable bonds is 1. The fourth-order valence-electron chi connectivity index (χ4n) is 3.33. The summed E-state index contributed by atoms with van der Waals surface area (Å²) in [6.07, 6.45) is 1.90. The highest BCUT2D eigenvalue weighted by Gasteiger charge is 2.25. The van der Waals surface area contributed by atoms with Gasteiger partial charge in [-0.15, -0.1) is 0 Å². The van der Waals surface area contributed by atoms with E-state index in [1.807, 2.05) is 6.20 Å². The van der Waals surface area contributed by atoms with Crippen LogP contribution in [0.15, 0.2) is 48.7 Å². The zero-order valence-corrected chi connectivity index (χ0v) is 11.5. The van der Waals surface area contributed by atoms with Crippen molar-refractivity contribution in [2.24, 2.45) is 0 Å². The minimum absolute atomic E-state index is 0.411. The van der Waals surface area contributed by atoms with Crippen LogP contribution in [-0.4, -0.2) is 28.7 Å². The standard InChI is InChI=1S/C17H17N3/c1-20-10-13-5-2-3-7-14(13)16(11-20)15-8-4-6-12-9-18-19-17(12)15/h2-9,16H,10-11H2,1H3,(H,18,19). The highest BCUT2D eigenvalue weighted by molar-refractivity contribution is 5.82. The molecule has 1 N–H and O–H groups in total. The number of hydrogen-bond donors (Lipinski definition) is 1. The van der Waals surface area contributed by atoms with Gasteiger partial charge in [-0.05, 0) is 23.7 Å². The van der Waals surface area contributed by atoms with Gasteiger partial charge in [0, 0.05) is 24.4 Å². The first-order valence-corrected chi connectivity index (χ1v) is 7.01. The van der Waals surface area contributed by atoms with Gasteiger partial charge in [0.1, 0.15) is 0 Å². The van der Waals surface area contributed by atoms with E-state index in [4.69, 9.17) is 0 Å². The van der Waals surface area contributed by atoms with E-state index in [0.29, 0.717) is 5.92 Å². The van der Waals surface area contributed by atoms with E-state index in [0.717, 1.165) is 13.1 Å². The Labute approximate surface area is 118 Å². The van der Waals surface area contributed by atoms with Crippen molar-refractivity contribution in [1.29, 1.82) is 0 Å². The third kappa shape index (κ3) is 1.74. The van der Waals surface area contributed by atoms with Crippen molar-refractivity contribution < 1.29 is 0 Å². The van der Waals surface area contributed by atoms with Gasteiger partial charge in [-0.2, -0.15) is 5.10 Å². The first-order valence-electron chi connectivity index (χ1n) is 7.01. The molecule has 20 heavy (non-hydrogen) atoms. The van der Waals surface area contributed by atoms with Crippen LogP contribution in [0.25, 0.3) is 10.9 Å². The minimum Gasteiger partial charge on any atom is -0.301 e. The zero-order valence-electron chi connectivity index (χ0n) is 11.5. The van der Waals surface area contributed by atoms with E-state index in [2.05, 4.69) is 64.6 Å². The summed E-state index contributed by atoms with van der Waals surface area (Å²) in [5.41, 5.74) is 5.40. The predicted octanol–water partition coefficient (Wildman–Crippen LogP) is 3.14. The van der Waals surface area contributed by atoms with Crippen molar-refractivity contribution in [2.75, 3.05) is 13.6 Å². The summed E-state index contributed by atoms with van der Waals surface area (Å²) in [5, 5.41) is 8.54. The van der Waals surface area contributed by atoms with E-state index < -0.39 is 0 Å². The first kappa shape index (κ1) is 11.7. The molecule has 0 saturated carbocycles. The molecule has 1 atom stereocenters. The number of nitrogens with zero attached hydrogens (tertiary/aromatic N) is 2. The second kappa shape index (κ2) is 4.46. The molecule has 0 radical (unpaired) electrons. The van der Waals surface area contributed by atoms with Gasteiger partial charge in [-0.1, -0.05) is 42.5 Å². The Hall–Kier alpha value is -2.13. The summed E-state index contributed by atoms with van der Waals surface area (Å²) < 4.78 is 0. The quantitative estimate of drug-likeness (QED) is 0.731. The van der Waals surface area contributed by atoms with Crippen LogP contribution in [0.3, 0.4) is 0 Å². The van der Waals surface area contributed by atoms with E-state index in [-0.39, 0.29) is 0 Å². The smallest absolute Gasteiger partial charge is 0.0688 e. The molecule has 1 aliphatic heterocycles. The average molecular weight is 263 g/mol. The Kier molecular flexibility index (Phi) is 2.60. The van der Waals surface area contributed by atoms with Crippen LogP contribution >= 0.6 is 0 Å². The third-order valence-corrected chi connectivity index (χ3v) is 4.25. The number of hydrogen-bond acceptors (Lipinski definition) is 2. The topological polar surface area (TPSA) is 31.9 Å². The lowest BCUT2D eigenvalue weighted by Gasteiger charge is -2.32. The van der Waals surface area contributed by atoms with Crippen molar-refractivity contribution in [3.63, 3.8) is 0 Å². The van der Waals surface area contributed by atoms with Crippen LogP contribution in [0.4, 0.5) is 0 Å². The molecule has 1 aromatic heterocycles. The van der Waals surface area contributed by atoms with E-state index in [1.54, 1.807) is 0 Å². The molecule has 0 fully saturated rings. The van der Waals surface area contributed by atoms with Crippen molar-refractivity contribution >= 4 is 10.9 Å². The van der Waals surface area contributed by atoms with Gasteiger partial charge in [0.15, 0.2) is 0 Å². The Bertz CT molecular complexity index is 760. The molecule has 1 aliphatic rings. The van der Waals surface area contributed by atoms with E-state index in [9.17, 15) is 0 Å². The highest BCUT2D eigenvalue weighted by atomic mass is 15.1. The number of fused-ring (bicyclic) bond motifs is 2. The number of aromatic amines is 1. The minimum atomic E-state index is 0.411. The molecule has 2 heterocycles. The molecule has 100 valence electrons. The SMILES string of the molecule is CN1Cc2ccccc2C(c2cccc3cn[nH]c23)C1. The number of H-pyrrole nitrogens is 1. The molecule has 0 bridgehead atoms. The fraction of sp³-hybridized carbons (Fsp3) is 0.235. The number of para-hydroxylation sites is 1. The average Bonchev–Trinajstić information content (AvgIpc) is 2.94. The van der Waals surface area contributed by atoms with Gasteiger partial charge >= 0.3 is 0 Å². The summed E-state index contributed by atoms with van der Waals surface area (Å²) >= 11 is 0. The number of likely N-dealkylation sites (N-methyl/N-ethyl adjacent to an activating group) is 1. The number of aromatic nitrogens is 2. The molecule has 3 nitrogen and oxygen atoms in total. The van der Waals surface area contributed by atoms with Gasteiger partial charge in [0.05, 0.1) is 11.7 Å². The van der Waals surface area contributed by atoms with Crippen molar-refractivity contribution in [2.45, 2.75) is 12.5 Å².